The van der Waals surface area contributed by atoms with Crippen molar-refractivity contribution in [3.05, 3.63) is 80.7 Å². The number of fused-ring (bicyclic) bond motifs is 2. The van der Waals surface area contributed by atoms with E-state index in [1.54, 1.807) is 0 Å². The van der Waals surface area contributed by atoms with Crippen molar-refractivity contribution in [2.75, 3.05) is 49.6 Å². The normalized spacial score (nSPS) is 18.7. The summed E-state index contributed by atoms with van der Waals surface area (Å²) in [6, 6.07) is 17.2. The van der Waals surface area contributed by atoms with Crippen LogP contribution in [0, 0.1) is 22.7 Å². The Kier molecular flexibility index (Phi) is 14.2. The van der Waals surface area contributed by atoms with Gasteiger partial charge in [0.1, 0.15) is 17.5 Å². The van der Waals surface area contributed by atoms with E-state index in [1.165, 1.54) is 19.4 Å². The average molecular weight is 658 g/mol. The highest BCUT2D eigenvalue weighted by Gasteiger charge is 2.32. The summed E-state index contributed by atoms with van der Waals surface area (Å²) in [5.74, 6) is 0.772. The Balaban J connectivity index is 0.000000472. The number of hydrogen-bond acceptors (Lipinski definition) is 7. The van der Waals surface area contributed by atoms with Gasteiger partial charge in [-0.3, -0.25) is 4.79 Å². The van der Waals surface area contributed by atoms with E-state index in [-0.39, 0.29) is 17.2 Å². The molecule has 9 heteroatoms. The number of nitrogens with one attached hydrogen (secondary N) is 1. The summed E-state index contributed by atoms with van der Waals surface area (Å²) in [7, 11) is 2.19. The predicted molar refractivity (Wildman–Crippen MR) is 197 cm³/mol. The lowest BCUT2D eigenvalue weighted by Crippen LogP contribution is -2.53. The summed E-state index contributed by atoms with van der Waals surface area (Å²) in [6.45, 7) is 20.8. The molecule has 2 saturated heterocycles. The molecule has 1 unspecified atom stereocenters. The molecule has 252 valence electrons. The van der Waals surface area contributed by atoms with E-state index >= 15 is 0 Å². The van der Waals surface area contributed by atoms with Crippen LogP contribution in [0.1, 0.15) is 77.5 Å². The van der Waals surface area contributed by atoms with Crippen LogP contribution < -0.4 is 15.4 Å². The Morgan fingerprint density at radius 2 is 1.72 bits per heavy atom. The molecule has 47 heavy (non-hydrogen) atoms. The van der Waals surface area contributed by atoms with Crippen molar-refractivity contribution in [1.82, 2.24) is 14.8 Å². The molecule has 4 heterocycles. The number of piperazine rings is 1. The van der Waals surface area contributed by atoms with E-state index in [9.17, 15) is 15.3 Å². The standard InChI is InChI=1S/C28H27ClN6O.C6H13N.2C2H6/c1-18(2)35-14-13-34(16-20(35)9-11-30)27-21-10-12-33(17-23(21)22(15-31)28(36)32-27)25-8-4-6-19-5-3-7-24(29)26(19)25;1-6-4-3-5-7(6)2;2*1-2/h3-8,20H,1,9-10,12-14,16-17H2,2H3,(H,32,36);6H,3-5H2,1-2H3;2*1-2H3/t;6-;;/m.1../s1. The smallest absolute Gasteiger partial charge is 0.267 e. The molecule has 1 N–H and O–H groups in total. The van der Waals surface area contributed by atoms with Crippen molar-refractivity contribution in [3.8, 4) is 12.1 Å². The summed E-state index contributed by atoms with van der Waals surface area (Å²) < 4.78 is 0. The fourth-order valence-electron chi connectivity index (χ4n) is 6.69. The summed E-state index contributed by atoms with van der Waals surface area (Å²) in [5.41, 5.74) is 3.51. The van der Waals surface area contributed by atoms with Crippen LogP contribution in [-0.2, 0) is 13.0 Å². The number of benzene rings is 2. The maximum absolute atomic E-state index is 13.1. The molecular formula is C38H52ClN7O. The second kappa shape index (κ2) is 17.8. The van der Waals surface area contributed by atoms with Crippen LogP contribution in [0.3, 0.4) is 0 Å². The van der Waals surface area contributed by atoms with Gasteiger partial charge in [-0.2, -0.15) is 10.5 Å². The Hall–Kier alpha value is -3.98. The molecule has 8 nitrogen and oxygen atoms in total. The summed E-state index contributed by atoms with van der Waals surface area (Å²) in [6.07, 6.45) is 3.86. The zero-order valence-corrected chi connectivity index (χ0v) is 30.1. The third-order valence-corrected chi connectivity index (χ3v) is 9.49. The molecule has 2 atom stereocenters. The minimum Gasteiger partial charge on any atom is -0.368 e. The van der Waals surface area contributed by atoms with Crippen LogP contribution in [0.4, 0.5) is 11.5 Å². The van der Waals surface area contributed by atoms with Crippen molar-refractivity contribution in [2.24, 2.45) is 0 Å². The predicted octanol–water partition coefficient (Wildman–Crippen LogP) is 7.71. The topological polar surface area (TPSA) is 93.4 Å². The molecule has 6 rings (SSSR count). The van der Waals surface area contributed by atoms with Gasteiger partial charge in [0, 0.05) is 66.7 Å². The number of nitriles is 2. The Bertz CT molecular complexity index is 1640. The van der Waals surface area contributed by atoms with Gasteiger partial charge in [-0.1, -0.05) is 70.1 Å². The Labute approximate surface area is 286 Å². The number of hydrogen-bond donors (Lipinski definition) is 1. The van der Waals surface area contributed by atoms with Crippen LogP contribution in [0.2, 0.25) is 5.02 Å². The number of halogens is 1. The second-order valence-electron chi connectivity index (χ2n) is 11.9. The molecule has 0 radical (unpaired) electrons. The molecule has 0 bridgehead atoms. The highest BCUT2D eigenvalue weighted by molar-refractivity contribution is 6.36. The van der Waals surface area contributed by atoms with Crippen LogP contribution in [0.25, 0.3) is 10.8 Å². The summed E-state index contributed by atoms with van der Waals surface area (Å²) in [5, 5.41) is 22.0. The van der Waals surface area contributed by atoms with E-state index in [1.807, 2.05) is 71.0 Å². The number of nitrogens with zero attached hydrogens (tertiary/aromatic N) is 6. The number of allylic oxidation sites excluding steroid dienone is 1. The number of rotatable bonds is 4. The second-order valence-corrected chi connectivity index (χ2v) is 12.3. The fourth-order valence-corrected chi connectivity index (χ4v) is 6.97. The minimum atomic E-state index is -0.372. The number of likely N-dealkylation sites (tertiary alicyclic amines) is 1. The van der Waals surface area contributed by atoms with Gasteiger partial charge in [0.2, 0.25) is 0 Å². The van der Waals surface area contributed by atoms with Crippen molar-refractivity contribution < 1.29 is 0 Å². The molecule has 2 aromatic carbocycles. The molecule has 0 spiro atoms. The zero-order valence-electron chi connectivity index (χ0n) is 29.4. The van der Waals surface area contributed by atoms with Crippen molar-refractivity contribution in [2.45, 2.75) is 85.9 Å². The van der Waals surface area contributed by atoms with Crippen molar-refractivity contribution >= 4 is 33.9 Å². The van der Waals surface area contributed by atoms with E-state index in [2.05, 4.69) is 57.3 Å². The van der Waals surface area contributed by atoms with Gasteiger partial charge in [0.15, 0.2) is 0 Å². The third-order valence-electron chi connectivity index (χ3n) is 9.18. The van der Waals surface area contributed by atoms with E-state index in [0.717, 1.165) is 58.2 Å². The monoisotopic (exact) mass is 657 g/mol. The highest BCUT2D eigenvalue weighted by Crippen LogP contribution is 2.37. The van der Waals surface area contributed by atoms with Gasteiger partial charge >= 0.3 is 0 Å². The van der Waals surface area contributed by atoms with Crippen LogP contribution >= 0.6 is 11.6 Å². The quantitative estimate of drug-likeness (QED) is 0.307. The van der Waals surface area contributed by atoms with E-state index in [0.29, 0.717) is 37.5 Å². The lowest BCUT2D eigenvalue weighted by molar-refractivity contribution is 0.230. The first-order chi connectivity index (χ1) is 22.7. The number of anilines is 2. The molecular weight excluding hydrogens is 606 g/mol. The molecule has 1 aromatic heterocycles. The fraction of sp³-hybridized carbons (Fsp3) is 0.500. The Morgan fingerprint density at radius 1 is 1.02 bits per heavy atom. The summed E-state index contributed by atoms with van der Waals surface area (Å²) in [4.78, 5) is 25.0. The van der Waals surface area contributed by atoms with E-state index < -0.39 is 0 Å². The minimum absolute atomic E-state index is 0.00559. The molecule has 3 aliphatic rings. The van der Waals surface area contributed by atoms with Gasteiger partial charge in [-0.15, -0.1) is 0 Å². The maximum Gasteiger partial charge on any atom is 0.267 e. The first-order valence-electron chi connectivity index (χ1n) is 17.1. The highest BCUT2D eigenvalue weighted by atomic mass is 35.5. The Morgan fingerprint density at radius 3 is 2.30 bits per heavy atom. The van der Waals surface area contributed by atoms with Crippen LogP contribution in [0.15, 0.2) is 53.5 Å². The van der Waals surface area contributed by atoms with Crippen molar-refractivity contribution in [1.29, 1.82) is 10.5 Å². The number of aromatic amines is 1. The van der Waals surface area contributed by atoms with Gasteiger partial charge in [0.05, 0.1) is 23.6 Å². The SMILES string of the molecule is C=C(C)N1CCN(c2[nH]c(=O)c(C#N)c3c2CCN(c2cccc4cccc(Cl)c24)C3)CC1CC#N.CC.CC.C[C@@H]1CCCN1C. The van der Waals surface area contributed by atoms with Gasteiger partial charge in [0.25, 0.3) is 5.56 Å². The van der Waals surface area contributed by atoms with Gasteiger partial charge < -0.3 is 24.6 Å². The molecule has 2 fully saturated rings. The largest absolute Gasteiger partial charge is 0.368 e. The first-order valence-corrected chi connectivity index (χ1v) is 17.5. The van der Waals surface area contributed by atoms with Crippen molar-refractivity contribution in [3.63, 3.8) is 0 Å². The third kappa shape index (κ3) is 8.49. The molecule has 3 aromatic rings. The number of aromatic nitrogens is 1. The van der Waals surface area contributed by atoms with Crippen LogP contribution in [-0.4, -0.2) is 66.6 Å². The number of H-pyrrole nitrogens is 1. The average Bonchev–Trinajstić information content (AvgIpc) is 3.47. The number of pyridine rings is 1. The molecule has 0 saturated carbocycles. The first kappa shape index (κ1) is 37.5. The molecule has 0 amide bonds. The van der Waals surface area contributed by atoms with Crippen LogP contribution in [0.5, 0.6) is 0 Å². The van der Waals surface area contributed by atoms with Gasteiger partial charge in [-0.25, -0.2) is 0 Å². The van der Waals surface area contributed by atoms with E-state index in [4.69, 9.17) is 11.6 Å². The summed E-state index contributed by atoms with van der Waals surface area (Å²) >= 11 is 6.59. The lowest BCUT2D eigenvalue weighted by Gasteiger charge is -2.44. The lowest BCUT2D eigenvalue weighted by atomic mass is 9.94. The maximum atomic E-state index is 13.1. The molecule has 0 aliphatic carbocycles. The van der Waals surface area contributed by atoms with Gasteiger partial charge in [-0.05, 0) is 64.2 Å². The zero-order chi connectivity index (χ0) is 34.7. The molecule has 3 aliphatic heterocycles.